The minimum Gasteiger partial charge on any atom is -0.507 e. The fourth-order valence-corrected chi connectivity index (χ4v) is 10.4. The molecule has 0 amide bonds. The summed E-state index contributed by atoms with van der Waals surface area (Å²) in [4.78, 5) is 0. The number of aromatic hydroxyl groups is 6. The third kappa shape index (κ3) is 27.2. The van der Waals surface area contributed by atoms with Gasteiger partial charge in [-0.2, -0.15) is 0 Å². The molecule has 20 nitrogen and oxygen atoms in total. The van der Waals surface area contributed by atoms with Crippen molar-refractivity contribution in [1.29, 1.82) is 0 Å². The van der Waals surface area contributed by atoms with E-state index in [1.165, 1.54) is 0 Å². The maximum Gasteiger partial charge on any atom is 0.126 e. The topological polar surface area (TPSA) is 405 Å². The molecule has 0 saturated carbocycles. The molecule has 0 spiro atoms. The summed E-state index contributed by atoms with van der Waals surface area (Å²) < 4.78 is 0. The highest BCUT2D eigenvalue weighted by atomic mass is 16.3. The Morgan fingerprint density at radius 2 is 0.619 bits per heavy atom. The van der Waals surface area contributed by atoms with Gasteiger partial charge in [0, 0.05) is 66.8 Å². The molecule has 0 aliphatic rings. The zero-order chi connectivity index (χ0) is 74.3. The molecular weight excluding hydrogens is 1240 g/mol. The van der Waals surface area contributed by atoms with E-state index in [4.69, 9.17) is 61.3 Å². The van der Waals surface area contributed by atoms with Gasteiger partial charge in [-0.25, -0.2) is 0 Å². The SMILES string of the molecule is CC(C)(C)CC(C)(C)c1cc(CO)c(O)c(CO)c1.CC(C)(C)c1cc(CO)c(O)c(CO)c1.CCC(C)c1cc(CO)c(O)c(CO)c1.CCc1cc(CO)c(O)c(CO)c1.Cc1cc(CO)c(O)c(CO)c1.Cc1cc(CO)c(O)c(CO)c1C.OCc1ccc(CO)cc1. The largest absolute Gasteiger partial charge is 0.507 e. The van der Waals surface area contributed by atoms with Crippen molar-refractivity contribution in [2.45, 2.75) is 225 Å². The van der Waals surface area contributed by atoms with Crippen LogP contribution in [0.2, 0.25) is 0 Å². The molecule has 1 unspecified atom stereocenters. The van der Waals surface area contributed by atoms with Crippen molar-refractivity contribution >= 4 is 0 Å². The van der Waals surface area contributed by atoms with Crippen LogP contribution in [0.25, 0.3) is 0 Å². The van der Waals surface area contributed by atoms with Gasteiger partial charge in [0.15, 0.2) is 0 Å². The number of phenols is 6. The summed E-state index contributed by atoms with van der Waals surface area (Å²) in [5.74, 6) is 0.363. The molecule has 0 aromatic heterocycles. The lowest BCUT2D eigenvalue weighted by Gasteiger charge is -2.33. The van der Waals surface area contributed by atoms with E-state index in [2.05, 4.69) is 48.5 Å². The molecule has 7 aromatic rings. The highest BCUT2D eigenvalue weighted by Crippen LogP contribution is 2.40. The van der Waals surface area contributed by atoms with Crippen molar-refractivity contribution in [3.05, 3.63) is 208 Å². The summed E-state index contributed by atoms with van der Waals surface area (Å²) >= 11 is 0. The molecule has 1 atom stereocenters. The molecule has 7 rings (SSSR count). The van der Waals surface area contributed by atoms with Crippen LogP contribution in [-0.2, 0) is 110 Å². The average molecular weight is 1360 g/mol. The summed E-state index contributed by atoms with van der Waals surface area (Å²) in [6.07, 6.45) is 2.78. The molecule has 97 heavy (non-hydrogen) atoms. The van der Waals surface area contributed by atoms with E-state index in [1.54, 1.807) is 78.9 Å². The summed E-state index contributed by atoms with van der Waals surface area (Å²) in [5, 5.41) is 183. The minimum absolute atomic E-state index is 0.000286. The van der Waals surface area contributed by atoms with Crippen molar-refractivity contribution < 1.29 is 102 Å². The lowest BCUT2D eigenvalue weighted by atomic mass is 9.71. The summed E-state index contributed by atoms with van der Waals surface area (Å²) in [5.41, 5.74) is 14.3. The van der Waals surface area contributed by atoms with E-state index in [-0.39, 0.29) is 143 Å². The highest BCUT2D eigenvalue weighted by molar-refractivity contribution is 5.50. The second-order valence-corrected chi connectivity index (χ2v) is 26.5. The van der Waals surface area contributed by atoms with Gasteiger partial charge >= 0.3 is 0 Å². The Kier molecular flexibility index (Phi) is 38.5. The van der Waals surface area contributed by atoms with Crippen LogP contribution in [0.15, 0.2) is 91.0 Å². The second kappa shape index (κ2) is 42.6. The predicted molar refractivity (Wildman–Crippen MR) is 376 cm³/mol. The third-order valence-electron chi connectivity index (χ3n) is 16.2. The molecule has 0 saturated heterocycles. The van der Waals surface area contributed by atoms with Gasteiger partial charge in [0.2, 0.25) is 0 Å². The van der Waals surface area contributed by atoms with Gasteiger partial charge in [-0.3, -0.25) is 0 Å². The van der Waals surface area contributed by atoms with Crippen LogP contribution >= 0.6 is 0 Å². The zero-order valence-corrected chi connectivity index (χ0v) is 59.2. The lowest BCUT2D eigenvalue weighted by molar-refractivity contribution is 0.259. The van der Waals surface area contributed by atoms with Crippen LogP contribution in [0.5, 0.6) is 34.5 Å². The Labute approximate surface area is 572 Å². The maximum absolute atomic E-state index is 9.89. The number of hydrogen-bond acceptors (Lipinski definition) is 20. The van der Waals surface area contributed by atoms with Crippen molar-refractivity contribution in [1.82, 2.24) is 0 Å². The standard InChI is InChI=1S/C16H26O3.2C12H18O3.2C10H14O3.C9H12O3.C8H10O2/c1-15(2,3)10-16(4,5)13-6-11(8-17)14(19)12(7-13)9-18;1-12(2,3)10-4-8(6-13)11(15)9(5-10)7-14;1-3-8(2)9-4-10(6-13)12(15)11(5-9)7-14;1-6-3-8(4-11)10(13)9(5-12)7(6)2;1-2-7-3-8(5-11)10(13)9(4-7)6-12;1-6-2-7(4-10)9(12)8(3-6)5-11;9-5-7-1-2-8(6-10)4-3-7/h6-7,17-19H,8-10H2,1-5H3;4-5,13-15H,6-7H2,1-3H3;4-5,8,13-15H,3,6-7H2,1-2H3;3,11-13H,4-5H2,1-2H3;3-4,11-13H,2,5-6H2,1H3;2-3,10-12H,4-5H2,1H3;1-4,9-10H,5-6H2. The van der Waals surface area contributed by atoms with E-state index in [0.717, 1.165) is 69.3 Å². The molecule has 20 heteroatoms. The van der Waals surface area contributed by atoms with Gasteiger partial charge in [0.1, 0.15) is 34.5 Å². The molecule has 0 radical (unpaired) electrons. The Balaban J connectivity index is 0.000000570. The van der Waals surface area contributed by atoms with Crippen LogP contribution in [0, 0.1) is 26.2 Å². The molecule has 0 fully saturated rings. The number of aliphatic hydroxyl groups excluding tert-OH is 14. The molecule has 0 heterocycles. The number of rotatable bonds is 19. The van der Waals surface area contributed by atoms with E-state index >= 15 is 0 Å². The summed E-state index contributed by atoms with van der Waals surface area (Å²) in [6.45, 7) is 26.3. The quantitative estimate of drug-likeness (QED) is 0.0358. The normalized spacial score (nSPS) is 11.4. The number of hydrogen-bond donors (Lipinski definition) is 20. The molecule has 0 aliphatic carbocycles. The van der Waals surface area contributed by atoms with Gasteiger partial charge in [0.25, 0.3) is 0 Å². The Morgan fingerprint density at radius 1 is 0.330 bits per heavy atom. The molecule has 0 aliphatic heterocycles. The molecule has 20 N–H and O–H groups in total. The molecule has 0 bridgehead atoms. The molecule has 540 valence electrons. The fourth-order valence-electron chi connectivity index (χ4n) is 10.4. The number of aryl methyl sites for hydroxylation is 3. The fraction of sp³-hybridized carbons (Fsp3) is 0.455. The summed E-state index contributed by atoms with van der Waals surface area (Å²) in [6, 6.07) is 26.6. The third-order valence-corrected chi connectivity index (χ3v) is 16.2. The van der Waals surface area contributed by atoms with Crippen LogP contribution in [0.3, 0.4) is 0 Å². The predicted octanol–water partition coefficient (Wildman–Crippen LogP) is 9.94. The molecular formula is C77H112O20. The van der Waals surface area contributed by atoms with Crippen molar-refractivity contribution in [2.75, 3.05) is 0 Å². The van der Waals surface area contributed by atoms with E-state index in [9.17, 15) is 40.9 Å². The first kappa shape index (κ1) is 87.8. The lowest BCUT2D eigenvalue weighted by Crippen LogP contribution is -2.25. The molecule has 7 aromatic carbocycles. The first-order valence-electron chi connectivity index (χ1n) is 32.1. The minimum atomic E-state index is -0.224. The smallest absolute Gasteiger partial charge is 0.126 e. The van der Waals surface area contributed by atoms with Gasteiger partial charge in [0.05, 0.1) is 92.5 Å². The Morgan fingerprint density at radius 3 is 0.887 bits per heavy atom. The maximum atomic E-state index is 9.89. The van der Waals surface area contributed by atoms with Crippen molar-refractivity contribution in [2.24, 2.45) is 5.41 Å². The van der Waals surface area contributed by atoms with E-state index in [1.807, 2.05) is 60.6 Å². The van der Waals surface area contributed by atoms with Crippen LogP contribution in [0.4, 0.5) is 0 Å². The summed E-state index contributed by atoms with van der Waals surface area (Å²) in [7, 11) is 0. The van der Waals surface area contributed by atoms with Gasteiger partial charge in [-0.05, 0) is 161 Å². The van der Waals surface area contributed by atoms with E-state index < -0.39 is 0 Å². The van der Waals surface area contributed by atoms with E-state index in [0.29, 0.717) is 72.7 Å². The van der Waals surface area contributed by atoms with Crippen LogP contribution in [-0.4, -0.2) is 102 Å². The van der Waals surface area contributed by atoms with Gasteiger partial charge in [-0.1, -0.05) is 118 Å². The first-order valence-corrected chi connectivity index (χ1v) is 32.1. The Bertz CT molecular complexity index is 3340. The number of benzene rings is 7. The van der Waals surface area contributed by atoms with Gasteiger partial charge in [-0.15, -0.1) is 0 Å². The second-order valence-electron chi connectivity index (χ2n) is 26.5. The Hall–Kier alpha value is -7.22. The first-order chi connectivity index (χ1) is 45.5. The van der Waals surface area contributed by atoms with Crippen molar-refractivity contribution in [3.63, 3.8) is 0 Å². The van der Waals surface area contributed by atoms with Crippen LogP contribution < -0.4 is 0 Å². The zero-order valence-electron chi connectivity index (χ0n) is 59.2. The number of aliphatic hydroxyl groups is 14. The highest BCUT2D eigenvalue weighted by Gasteiger charge is 2.29. The van der Waals surface area contributed by atoms with Gasteiger partial charge < -0.3 is 102 Å². The monoisotopic (exact) mass is 1360 g/mol. The average Bonchev–Trinajstić information content (AvgIpc) is 0.842. The van der Waals surface area contributed by atoms with Crippen molar-refractivity contribution in [3.8, 4) is 34.5 Å². The van der Waals surface area contributed by atoms with Crippen LogP contribution in [0.1, 0.15) is 212 Å².